The first kappa shape index (κ1) is 9.62. The zero-order valence-corrected chi connectivity index (χ0v) is 8.72. The Kier molecular flexibility index (Phi) is 2.79. The number of hydrogen-bond donors (Lipinski definition) is 2. The van der Waals surface area contributed by atoms with Gasteiger partial charge in [0.05, 0.1) is 11.4 Å². The van der Waals surface area contributed by atoms with E-state index in [2.05, 4.69) is 10.2 Å². The van der Waals surface area contributed by atoms with Gasteiger partial charge in [-0.25, -0.2) is 0 Å². The molecule has 2 rings (SSSR count). The van der Waals surface area contributed by atoms with Crippen LogP contribution >= 0.6 is 11.6 Å². The summed E-state index contributed by atoms with van der Waals surface area (Å²) in [6.45, 7) is 4.04. The van der Waals surface area contributed by atoms with Crippen molar-refractivity contribution in [3.05, 3.63) is 23.2 Å². The molecule has 1 saturated heterocycles. The Morgan fingerprint density at radius 2 is 2.00 bits per heavy atom. The van der Waals surface area contributed by atoms with E-state index in [-0.39, 0.29) is 0 Å². The van der Waals surface area contributed by atoms with E-state index in [0.29, 0.717) is 5.02 Å². The van der Waals surface area contributed by atoms with Crippen molar-refractivity contribution in [3.63, 3.8) is 0 Å². The molecule has 0 amide bonds. The topological polar surface area (TPSA) is 41.3 Å². The van der Waals surface area contributed by atoms with E-state index in [1.54, 1.807) is 6.07 Å². The molecule has 76 valence electrons. The number of hydrogen-bond acceptors (Lipinski definition) is 3. The monoisotopic (exact) mass is 211 g/mol. The zero-order valence-electron chi connectivity index (χ0n) is 7.96. The molecular weight excluding hydrogens is 198 g/mol. The van der Waals surface area contributed by atoms with Crippen molar-refractivity contribution in [2.45, 2.75) is 0 Å². The van der Waals surface area contributed by atoms with E-state index in [4.69, 9.17) is 17.3 Å². The predicted molar refractivity (Wildman–Crippen MR) is 60.9 cm³/mol. The van der Waals surface area contributed by atoms with Crippen molar-refractivity contribution in [1.82, 2.24) is 5.32 Å². The van der Waals surface area contributed by atoms with E-state index in [1.807, 2.05) is 12.1 Å². The van der Waals surface area contributed by atoms with E-state index < -0.39 is 0 Å². The number of rotatable bonds is 1. The van der Waals surface area contributed by atoms with E-state index in [0.717, 1.165) is 37.6 Å². The molecule has 0 aromatic heterocycles. The normalized spacial score (nSPS) is 17.1. The Morgan fingerprint density at radius 3 is 2.64 bits per heavy atom. The molecule has 3 N–H and O–H groups in total. The first-order valence-electron chi connectivity index (χ1n) is 4.78. The van der Waals surface area contributed by atoms with Crippen LogP contribution in [-0.2, 0) is 0 Å². The summed E-state index contributed by atoms with van der Waals surface area (Å²) in [4.78, 5) is 2.28. The van der Waals surface area contributed by atoms with Gasteiger partial charge in [0.25, 0.3) is 0 Å². The highest BCUT2D eigenvalue weighted by Gasteiger charge is 2.12. The van der Waals surface area contributed by atoms with Crippen LogP contribution in [0.25, 0.3) is 0 Å². The number of benzene rings is 1. The summed E-state index contributed by atoms with van der Waals surface area (Å²) in [5.74, 6) is 0. The summed E-state index contributed by atoms with van der Waals surface area (Å²) in [5, 5.41) is 4.00. The van der Waals surface area contributed by atoms with Crippen molar-refractivity contribution in [1.29, 1.82) is 0 Å². The van der Waals surface area contributed by atoms with Gasteiger partial charge in [0.15, 0.2) is 0 Å². The Balaban J connectivity index is 2.22. The zero-order chi connectivity index (χ0) is 9.97. The molecule has 3 nitrogen and oxygen atoms in total. The third-order valence-electron chi connectivity index (χ3n) is 2.45. The standard InChI is InChI=1S/C10H14ClN3/c11-8-1-2-10(9(12)7-8)14-5-3-13-4-6-14/h1-2,7,13H,3-6,12H2. The SMILES string of the molecule is Nc1cc(Cl)ccc1N1CCNCC1. The van der Waals surface area contributed by atoms with Crippen molar-refractivity contribution in [3.8, 4) is 0 Å². The lowest BCUT2D eigenvalue weighted by Crippen LogP contribution is -2.43. The van der Waals surface area contributed by atoms with Gasteiger partial charge < -0.3 is 16.0 Å². The van der Waals surface area contributed by atoms with E-state index in [1.165, 1.54) is 0 Å². The Morgan fingerprint density at radius 1 is 1.29 bits per heavy atom. The first-order chi connectivity index (χ1) is 6.77. The average molecular weight is 212 g/mol. The fourth-order valence-electron chi connectivity index (χ4n) is 1.72. The van der Waals surface area contributed by atoms with Crippen molar-refractivity contribution in [2.24, 2.45) is 0 Å². The van der Waals surface area contributed by atoms with Crippen LogP contribution in [0.5, 0.6) is 0 Å². The fourth-order valence-corrected chi connectivity index (χ4v) is 1.90. The van der Waals surface area contributed by atoms with Crippen molar-refractivity contribution >= 4 is 23.0 Å². The maximum Gasteiger partial charge on any atom is 0.0601 e. The second-order valence-corrected chi connectivity index (χ2v) is 3.88. The molecule has 1 aliphatic rings. The molecule has 1 fully saturated rings. The van der Waals surface area contributed by atoms with Crippen LogP contribution in [0.2, 0.25) is 5.02 Å². The number of halogens is 1. The van der Waals surface area contributed by atoms with Gasteiger partial charge in [-0.3, -0.25) is 0 Å². The molecule has 1 aliphatic heterocycles. The molecule has 4 heteroatoms. The third-order valence-corrected chi connectivity index (χ3v) is 2.68. The van der Waals surface area contributed by atoms with Gasteiger partial charge in [-0.1, -0.05) is 11.6 Å². The van der Waals surface area contributed by atoms with Crippen LogP contribution in [0.3, 0.4) is 0 Å². The number of nitrogens with two attached hydrogens (primary N) is 1. The molecule has 1 aromatic rings. The summed E-state index contributed by atoms with van der Waals surface area (Å²) in [7, 11) is 0. The summed E-state index contributed by atoms with van der Waals surface area (Å²) in [6, 6.07) is 5.68. The van der Waals surface area contributed by atoms with Gasteiger partial charge in [0.1, 0.15) is 0 Å². The maximum absolute atomic E-state index is 5.91. The number of piperazine rings is 1. The largest absolute Gasteiger partial charge is 0.397 e. The minimum absolute atomic E-state index is 0.696. The number of nitrogens with one attached hydrogen (secondary N) is 1. The molecule has 0 spiro atoms. The van der Waals surface area contributed by atoms with Crippen LogP contribution in [0.4, 0.5) is 11.4 Å². The van der Waals surface area contributed by atoms with Crippen LogP contribution in [0.1, 0.15) is 0 Å². The average Bonchev–Trinajstić information content (AvgIpc) is 2.19. The smallest absolute Gasteiger partial charge is 0.0601 e. The van der Waals surface area contributed by atoms with Gasteiger partial charge in [-0.15, -0.1) is 0 Å². The molecule has 0 radical (unpaired) electrons. The lowest BCUT2D eigenvalue weighted by molar-refractivity contribution is 0.590. The molecule has 0 unspecified atom stereocenters. The maximum atomic E-state index is 5.91. The van der Waals surface area contributed by atoms with Gasteiger partial charge in [-0.05, 0) is 18.2 Å². The third kappa shape index (κ3) is 1.94. The summed E-state index contributed by atoms with van der Waals surface area (Å²) in [5.41, 5.74) is 7.76. The second-order valence-electron chi connectivity index (χ2n) is 3.44. The highest BCUT2D eigenvalue weighted by atomic mass is 35.5. The fraction of sp³-hybridized carbons (Fsp3) is 0.400. The van der Waals surface area contributed by atoms with E-state index >= 15 is 0 Å². The first-order valence-corrected chi connectivity index (χ1v) is 5.16. The lowest BCUT2D eigenvalue weighted by Gasteiger charge is -2.30. The van der Waals surface area contributed by atoms with Crippen LogP contribution in [-0.4, -0.2) is 26.2 Å². The van der Waals surface area contributed by atoms with Gasteiger partial charge in [-0.2, -0.15) is 0 Å². The number of nitrogen functional groups attached to an aromatic ring is 1. The number of nitrogens with zero attached hydrogens (tertiary/aromatic N) is 1. The van der Waals surface area contributed by atoms with Crippen LogP contribution in [0.15, 0.2) is 18.2 Å². The van der Waals surface area contributed by atoms with E-state index in [9.17, 15) is 0 Å². The second kappa shape index (κ2) is 4.07. The predicted octanol–water partition coefficient (Wildman–Crippen LogP) is 1.33. The Hall–Kier alpha value is -0.930. The van der Waals surface area contributed by atoms with Crippen molar-refractivity contribution < 1.29 is 0 Å². The lowest BCUT2D eigenvalue weighted by atomic mass is 10.2. The van der Waals surface area contributed by atoms with Gasteiger partial charge >= 0.3 is 0 Å². The highest BCUT2D eigenvalue weighted by Crippen LogP contribution is 2.26. The highest BCUT2D eigenvalue weighted by molar-refractivity contribution is 6.31. The molecule has 0 atom stereocenters. The Bertz CT molecular complexity index is 321. The molecule has 0 saturated carbocycles. The number of anilines is 2. The summed E-state index contributed by atoms with van der Waals surface area (Å²) >= 11 is 5.85. The molecule has 14 heavy (non-hydrogen) atoms. The molecule has 1 heterocycles. The summed E-state index contributed by atoms with van der Waals surface area (Å²) in [6.07, 6.45) is 0. The minimum Gasteiger partial charge on any atom is -0.397 e. The Labute approximate surface area is 88.8 Å². The van der Waals surface area contributed by atoms with Crippen LogP contribution in [0, 0.1) is 0 Å². The molecule has 1 aromatic carbocycles. The van der Waals surface area contributed by atoms with Crippen LogP contribution < -0.4 is 16.0 Å². The molecule has 0 aliphatic carbocycles. The summed E-state index contributed by atoms with van der Waals surface area (Å²) < 4.78 is 0. The molecule has 0 bridgehead atoms. The quantitative estimate of drug-likeness (QED) is 0.689. The molecular formula is C10H14ClN3. The van der Waals surface area contributed by atoms with Gasteiger partial charge in [0.2, 0.25) is 0 Å². The van der Waals surface area contributed by atoms with Crippen molar-refractivity contribution in [2.75, 3.05) is 36.8 Å². The van der Waals surface area contributed by atoms with Gasteiger partial charge in [0, 0.05) is 31.2 Å². The minimum atomic E-state index is 0.696.